The summed E-state index contributed by atoms with van der Waals surface area (Å²) in [6.07, 6.45) is 2.62. The van der Waals surface area contributed by atoms with Gasteiger partial charge in [0.25, 0.3) is 0 Å². The van der Waals surface area contributed by atoms with Gasteiger partial charge in [-0.25, -0.2) is 0 Å². The molecule has 96 valence electrons. The number of nitrogens with one attached hydrogen (secondary N) is 1. The number of benzene rings is 1. The van der Waals surface area contributed by atoms with Crippen molar-refractivity contribution in [2.24, 2.45) is 0 Å². The molecule has 5 nitrogen and oxygen atoms in total. The Morgan fingerprint density at radius 2 is 2.00 bits per heavy atom. The summed E-state index contributed by atoms with van der Waals surface area (Å²) in [5.74, 6) is 0. The highest BCUT2D eigenvalue weighted by Crippen LogP contribution is 1.99. The summed E-state index contributed by atoms with van der Waals surface area (Å²) in [5.41, 5.74) is 2.18. The first-order valence-electron chi connectivity index (χ1n) is 6.13. The summed E-state index contributed by atoms with van der Waals surface area (Å²) in [4.78, 5) is 0. The highest BCUT2D eigenvalue weighted by atomic mass is 16.3. The molecule has 2 N–H and O–H groups in total. The van der Waals surface area contributed by atoms with Gasteiger partial charge in [-0.15, -0.1) is 5.10 Å². The minimum absolute atomic E-state index is 0.182. The first-order valence-corrected chi connectivity index (χ1v) is 6.13. The van der Waals surface area contributed by atoms with Crippen LogP contribution in [0.2, 0.25) is 0 Å². The first kappa shape index (κ1) is 12.7. The van der Waals surface area contributed by atoms with Crippen LogP contribution in [0.3, 0.4) is 0 Å². The lowest BCUT2D eigenvalue weighted by atomic mass is 10.2. The van der Waals surface area contributed by atoms with E-state index in [2.05, 4.69) is 27.8 Å². The van der Waals surface area contributed by atoms with Crippen LogP contribution < -0.4 is 5.32 Å². The molecular weight excluding hydrogens is 228 g/mol. The summed E-state index contributed by atoms with van der Waals surface area (Å²) in [7, 11) is 0. The second-order valence-corrected chi connectivity index (χ2v) is 4.14. The normalized spacial score (nSPS) is 10.7. The molecule has 5 heteroatoms. The van der Waals surface area contributed by atoms with Gasteiger partial charge in [0.2, 0.25) is 0 Å². The highest BCUT2D eigenvalue weighted by molar-refractivity contribution is 5.14. The van der Waals surface area contributed by atoms with Crippen LogP contribution in [0.1, 0.15) is 17.7 Å². The van der Waals surface area contributed by atoms with Gasteiger partial charge in [-0.2, -0.15) is 0 Å². The maximum atomic E-state index is 8.73. The molecule has 18 heavy (non-hydrogen) atoms. The van der Waals surface area contributed by atoms with E-state index in [0.29, 0.717) is 19.5 Å². The summed E-state index contributed by atoms with van der Waals surface area (Å²) in [6, 6.07) is 10.2. The van der Waals surface area contributed by atoms with Crippen LogP contribution >= 0.6 is 0 Å². The molecule has 1 aromatic heterocycles. The van der Waals surface area contributed by atoms with Gasteiger partial charge < -0.3 is 10.4 Å². The van der Waals surface area contributed by atoms with Crippen molar-refractivity contribution in [1.29, 1.82) is 0 Å². The fraction of sp³-hybridized carbons (Fsp3) is 0.385. The molecule has 0 aliphatic rings. The molecule has 2 rings (SSSR count). The summed E-state index contributed by atoms with van der Waals surface area (Å²) in [5, 5.41) is 20.1. The largest absolute Gasteiger partial charge is 0.396 e. The van der Waals surface area contributed by atoms with Crippen LogP contribution in [0.25, 0.3) is 0 Å². The molecule has 0 unspecified atom stereocenters. The van der Waals surface area contributed by atoms with Gasteiger partial charge in [0.05, 0.1) is 5.69 Å². The minimum atomic E-state index is 0.182. The van der Waals surface area contributed by atoms with Crippen molar-refractivity contribution in [3.8, 4) is 0 Å². The van der Waals surface area contributed by atoms with Crippen LogP contribution in [0.15, 0.2) is 36.5 Å². The first-order chi connectivity index (χ1) is 8.88. The van der Waals surface area contributed by atoms with E-state index in [1.54, 1.807) is 4.68 Å². The Kier molecular flexibility index (Phi) is 4.87. The standard InChI is InChI=1S/C13H18N4O/c18-8-4-7-17-11-13(15-16-17)10-14-9-12-5-2-1-3-6-12/h1-3,5-6,11,14,18H,4,7-10H2. The molecule has 0 spiro atoms. The fourth-order valence-electron chi connectivity index (χ4n) is 1.69. The van der Waals surface area contributed by atoms with Crippen LogP contribution in [0.4, 0.5) is 0 Å². The second-order valence-electron chi connectivity index (χ2n) is 4.14. The van der Waals surface area contributed by atoms with E-state index < -0.39 is 0 Å². The molecule has 2 aromatic rings. The van der Waals surface area contributed by atoms with Gasteiger partial charge in [0.15, 0.2) is 0 Å². The highest BCUT2D eigenvalue weighted by Gasteiger charge is 2.00. The summed E-state index contributed by atoms with van der Waals surface area (Å²) < 4.78 is 1.76. The smallest absolute Gasteiger partial charge is 0.0964 e. The molecule has 0 aliphatic heterocycles. The monoisotopic (exact) mass is 246 g/mol. The molecule has 0 radical (unpaired) electrons. The van der Waals surface area contributed by atoms with Gasteiger partial charge in [-0.1, -0.05) is 35.5 Å². The van der Waals surface area contributed by atoms with Crippen molar-refractivity contribution in [3.05, 3.63) is 47.8 Å². The van der Waals surface area contributed by atoms with E-state index in [9.17, 15) is 0 Å². The van der Waals surface area contributed by atoms with Gasteiger partial charge in [0, 0.05) is 32.4 Å². The Morgan fingerprint density at radius 3 is 2.78 bits per heavy atom. The van der Waals surface area contributed by atoms with Crippen LogP contribution in [0.5, 0.6) is 0 Å². The zero-order valence-corrected chi connectivity index (χ0v) is 10.3. The lowest BCUT2D eigenvalue weighted by Gasteiger charge is -2.01. The zero-order valence-electron chi connectivity index (χ0n) is 10.3. The van der Waals surface area contributed by atoms with Crippen LogP contribution in [-0.4, -0.2) is 26.7 Å². The quantitative estimate of drug-likeness (QED) is 0.763. The van der Waals surface area contributed by atoms with Gasteiger partial charge in [-0.3, -0.25) is 4.68 Å². The van der Waals surface area contributed by atoms with Gasteiger partial charge >= 0.3 is 0 Å². The van der Waals surface area contributed by atoms with Crippen LogP contribution in [0, 0.1) is 0 Å². The Morgan fingerprint density at radius 1 is 1.17 bits per heavy atom. The van der Waals surface area contributed by atoms with Gasteiger partial charge in [-0.05, 0) is 12.0 Å². The molecule has 0 saturated heterocycles. The third-order valence-electron chi connectivity index (χ3n) is 2.61. The van der Waals surface area contributed by atoms with E-state index in [-0.39, 0.29) is 6.61 Å². The molecule has 1 heterocycles. The van der Waals surface area contributed by atoms with Crippen molar-refractivity contribution in [1.82, 2.24) is 20.3 Å². The maximum absolute atomic E-state index is 8.73. The lowest BCUT2D eigenvalue weighted by Crippen LogP contribution is -2.12. The zero-order chi connectivity index (χ0) is 12.6. The molecule has 0 fully saturated rings. The van der Waals surface area contributed by atoms with E-state index in [4.69, 9.17) is 5.11 Å². The van der Waals surface area contributed by atoms with E-state index in [1.165, 1.54) is 5.56 Å². The third-order valence-corrected chi connectivity index (χ3v) is 2.61. The van der Waals surface area contributed by atoms with Crippen LogP contribution in [-0.2, 0) is 19.6 Å². The number of aryl methyl sites for hydroxylation is 1. The molecule has 0 saturated carbocycles. The number of hydrogen-bond donors (Lipinski definition) is 2. The topological polar surface area (TPSA) is 63.0 Å². The van der Waals surface area contributed by atoms with Crippen molar-refractivity contribution in [2.45, 2.75) is 26.1 Å². The van der Waals surface area contributed by atoms with E-state index >= 15 is 0 Å². The number of nitrogens with zero attached hydrogens (tertiary/aromatic N) is 3. The average Bonchev–Trinajstić information content (AvgIpc) is 2.85. The Labute approximate surface area is 106 Å². The average molecular weight is 246 g/mol. The maximum Gasteiger partial charge on any atom is 0.0964 e. The van der Waals surface area contributed by atoms with Crippen molar-refractivity contribution in [2.75, 3.05) is 6.61 Å². The number of aromatic nitrogens is 3. The molecule has 0 aliphatic carbocycles. The molecular formula is C13H18N4O. The van der Waals surface area contributed by atoms with E-state index in [0.717, 1.165) is 12.2 Å². The summed E-state index contributed by atoms with van der Waals surface area (Å²) >= 11 is 0. The fourth-order valence-corrected chi connectivity index (χ4v) is 1.69. The van der Waals surface area contributed by atoms with E-state index in [1.807, 2.05) is 24.4 Å². The molecule has 0 atom stereocenters. The Hall–Kier alpha value is -1.72. The predicted molar refractivity (Wildman–Crippen MR) is 68.7 cm³/mol. The SMILES string of the molecule is OCCCn1cc(CNCc2ccccc2)nn1. The van der Waals surface area contributed by atoms with Crippen molar-refractivity contribution >= 4 is 0 Å². The lowest BCUT2D eigenvalue weighted by molar-refractivity contribution is 0.276. The summed E-state index contributed by atoms with van der Waals surface area (Å²) in [6.45, 7) is 2.42. The third kappa shape index (κ3) is 3.94. The number of hydrogen-bond acceptors (Lipinski definition) is 4. The van der Waals surface area contributed by atoms with Crippen molar-refractivity contribution in [3.63, 3.8) is 0 Å². The van der Waals surface area contributed by atoms with Gasteiger partial charge in [0.1, 0.15) is 0 Å². The van der Waals surface area contributed by atoms with Crippen molar-refractivity contribution < 1.29 is 5.11 Å². The second kappa shape index (κ2) is 6.88. The number of aliphatic hydroxyl groups excluding tert-OH is 1. The Bertz CT molecular complexity index is 455. The molecule has 0 bridgehead atoms. The minimum Gasteiger partial charge on any atom is -0.396 e. The predicted octanol–water partition coefficient (Wildman–Crippen LogP) is 0.950. The molecule has 0 amide bonds. The molecule has 1 aromatic carbocycles. The number of rotatable bonds is 7. The number of aliphatic hydroxyl groups is 1. The Balaban J connectivity index is 1.75.